The summed E-state index contributed by atoms with van der Waals surface area (Å²) in [7, 11) is 0. The fourth-order valence-corrected chi connectivity index (χ4v) is 3.94. The van der Waals surface area contributed by atoms with Gasteiger partial charge in [-0.1, -0.05) is 13.0 Å². The second-order valence-electron chi connectivity index (χ2n) is 6.87. The first-order valence-electron chi connectivity index (χ1n) is 8.57. The van der Waals surface area contributed by atoms with E-state index < -0.39 is 5.60 Å². The maximum atomic E-state index is 12.5. The number of hydrogen-bond donors (Lipinski definition) is 1. The summed E-state index contributed by atoms with van der Waals surface area (Å²) in [6.07, 6.45) is 4.55. The van der Waals surface area contributed by atoms with E-state index in [1.165, 1.54) is 0 Å². The van der Waals surface area contributed by atoms with Gasteiger partial charge in [0.2, 0.25) is 5.91 Å². The minimum Gasteiger partial charge on any atom is -0.389 e. The van der Waals surface area contributed by atoms with E-state index in [1.807, 2.05) is 23.1 Å². The number of amides is 1. The quantitative estimate of drug-likeness (QED) is 0.920. The molecule has 2 saturated heterocycles. The van der Waals surface area contributed by atoms with Crippen molar-refractivity contribution >= 4 is 5.91 Å². The Labute approximate surface area is 137 Å². The molecule has 0 saturated carbocycles. The monoisotopic (exact) mass is 318 g/mol. The molecule has 2 aliphatic rings. The fraction of sp³-hybridized carbons (Fsp3) is 0.667. The number of hydrogen-bond acceptors (Lipinski definition) is 4. The molecule has 0 aliphatic carbocycles. The van der Waals surface area contributed by atoms with Crippen molar-refractivity contribution in [3.05, 3.63) is 30.1 Å². The van der Waals surface area contributed by atoms with Gasteiger partial charge in [0.25, 0.3) is 0 Å². The number of nitrogens with zero attached hydrogens (tertiary/aromatic N) is 2. The van der Waals surface area contributed by atoms with Crippen LogP contribution in [0.3, 0.4) is 0 Å². The Hall–Kier alpha value is -1.46. The van der Waals surface area contributed by atoms with E-state index in [0.29, 0.717) is 31.8 Å². The normalized spacial score (nSPS) is 29.5. The van der Waals surface area contributed by atoms with Crippen LogP contribution in [0.5, 0.6) is 0 Å². The molecule has 126 valence electrons. The highest BCUT2D eigenvalue weighted by molar-refractivity contribution is 5.78. The molecule has 2 unspecified atom stereocenters. The smallest absolute Gasteiger partial charge is 0.228 e. The van der Waals surface area contributed by atoms with Crippen LogP contribution in [0.1, 0.15) is 31.9 Å². The van der Waals surface area contributed by atoms with Crippen LogP contribution < -0.4 is 0 Å². The first-order chi connectivity index (χ1) is 11.1. The van der Waals surface area contributed by atoms with Crippen LogP contribution >= 0.6 is 0 Å². The highest BCUT2D eigenvalue weighted by Crippen LogP contribution is 2.39. The predicted octanol–water partition coefficient (Wildman–Crippen LogP) is 1.65. The van der Waals surface area contributed by atoms with Gasteiger partial charge in [0, 0.05) is 44.1 Å². The highest BCUT2D eigenvalue weighted by atomic mass is 16.5. The molecule has 5 heteroatoms. The molecular formula is C18H26N2O3. The second kappa shape index (κ2) is 6.97. The lowest BCUT2D eigenvalue weighted by Crippen LogP contribution is -2.57. The van der Waals surface area contributed by atoms with Crippen molar-refractivity contribution in [2.45, 2.75) is 38.2 Å². The molecule has 0 aromatic carbocycles. The number of aromatic nitrogens is 1. The topological polar surface area (TPSA) is 62.7 Å². The van der Waals surface area contributed by atoms with Gasteiger partial charge >= 0.3 is 0 Å². The number of pyridine rings is 1. The van der Waals surface area contributed by atoms with Gasteiger partial charge in [-0.2, -0.15) is 0 Å². The van der Waals surface area contributed by atoms with Crippen LogP contribution in [-0.4, -0.2) is 52.8 Å². The molecule has 1 N–H and O–H groups in total. The van der Waals surface area contributed by atoms with Gasteiger partial charge in [-0.15, -0.1) is 0 Å². The second-order valence-corrected chi connectivity index (χ2v) is 6.87. The molecular weight excluding hydrogens is 292 g/mol. The lowest BCUT2D eigenvalue weighted by Gasteiger charge is -2.48. The van der Waals surface area contributed by atoms with Crippen LogP contribution in [0, 0.1) is 11.8 Å². The third-order valence-electron chi connectivity index (χ3n) is 5.47. The first-order valence-corrected chi connectivity index (χ1v) is 8.57. The van der Waals surface area contributed by atoms with E-state index in [9.17, 15) is 9.90 Å². The largest absolute Gasteiger partial charge is 0.389 e. The molecule has 0 radical (unpaired) electrons. The number of likely N-dealkylation sites (tertiary alicyclic amines) is 1. The van der Waals surface area contributed by atoms with E-state index >= 15 is 0 Å². The molecule has 2 fully saturated rings. The highest BCUT2D eigenvalue weighted by Gasteiger charge is 2.45. The lowest BCUT2D eigenvalue weighted by molar-refractivity contribution is -0.150. The zero-order valence-corrected chi connectivity index (χ0v) is 13.8. The van der Waals surface area contributed by atoms with Gasteiger partial charge in [0.1, 0.15) is 0 Å². The molecule has 5 nitrogen and oxygen atoms in total. The summed E-state index contributed by atoms with van der Waals surface area (Å²) in [6.45, 7) is 4.79. The van der Waals surface area contributed by atoms with Crippen molar-refractivity contribution in [3.63, 3.8) is 0 Å². The lowest BCUT2D eigenvalue weighted by atomic mass is 9.70. The molecule has 1 aromatic rings. The Bertz CT molecular complexity index is 530. The maximum absolute atomic E-state index is 12.5. The molecule has 0 spiro atoms. The molecule has 1 aromatic heterocycles. The standard InChI is InChI=1S/C18H26N2O3/c1-14-13-20(17(21)12-16-4-2-3-8-19-16)9-7-18(14,22)15-5-10-23-11-6-15/h2-4,8,14-15,22H,5-7,9-13H2,1H3. The van der Waals surface area contributed by atoms with Crippen molar-refractivity contribution < 1.29 is 14.6 Å². The minimum atomic E-state index is -0.661. The number of ether oxygens (including phenoxy) is 1. The van der Waals surface area contributed by atoms with Crippen molar-refractivity contribution in [3.8, 4) is 0 Å². The van der Waals surface area contributed by atoms with Gasteiger partial charge < -0.3 is 14.7 Å². The van der Waals surface area contributed by atoms with E-state index in [2.05, 4.69) is 11.9 Å². The molecule has 2 aliphatic heterocycles. The molecule has 1 amide bonds. The van der Waals surface area contributed by atoms with Crippen LogP contribution in [0.15, 0.2) is 24.4 Å². The van der Waals surface area contributed by atoms with E-state index in [4.69, 9.17) is 4.74 Å². The molecule has 2 atom stereocenters. The third kappa shape index (κ3) is 3.56. The summed E-state index contributed by atoms with van der Waals surface area (Å²) in [4.78, 5) is 18.6. The molecule has 23 heavy (non-hydrogen) atoms. The number of rotatable bonds is 3. The Kier molecular flexibility index (Phi) is 4.97. The van der Waals surface area contributed by atoms with Crippen molar-refractivity contribution in [2.24, 2.45) is 11.8 Å². The summed E-state index contributed by atoms with van der Waals surface area (Å²) in [6, 6.07) is 5.63. The summed E-state index contributed by atoms with van der Waals surface area (Å²) < 4.78 is 5.41. The van der Waals surface area contributed by atoms with Gasteiger partial charge in [-0.3, -0.25) is 9.78 Å². The summed E-state index contributed by atoms with van der Waals surface area (Å²) in [5, 5.41) is 11.1. The Morgan fingerprint density at radius 3 is 2.87 bits per heavy atom. The third-order valence-corrected chi connectivity index (χ3v) is 5.47. The number of piperidine rings is 1. The van der Waals surface area contributed by atoms with Crippen molar-refractivity contribution in [1.82, 2.24) is 9.88 Å². The minimum absolute atomic E-state index is 0.0898. The average Bonchev–Trinajstić information content (AvgIpc) is 2.59. The molecule has 3 rings (SSSR count). The SMILES string of the molecule is CC1CN(C(=O)Cc2ccccn2)CCC1(O)C1CCOCC1. The zero-order valence-electron chi connectivity index (χ0n) is 13.8. The first kappa shape index (κ1) is 16.4. The van der Waals surface area contributed by atoms with Crippen LogP contribution in [0.25, 0.3) is 0 Å². The number of carbonyl (C=O) groups is 1. The van der Waals surface area contributed by atoms with Crippen molar-refractivity contribution in [2.75, 3.05) is 26.3 Å². The molecule has 3 heterocycles. The van der Waals surface area contributed by atoms with Crippen LogP contribution in [-0.2, 0) is 16.0 Å². The van der Waals surface area contributed by atoms with Crippen LogP contribution in [0.2, 0.25) is 0 Å². The maximum Gasteiger partial charge on any atom is 0.228 e. The van der Waals surface area contributed by atoms with Gasteiger partial charge in [-0.05, 0) is 37.3 Å². The number of aliphatic hydroxyl groups is 1. The fourth-order valence-electron chi connectivity index (χ4n) is 3.94. The van der Waals surface area contributed by atoms with E-state index in [0.717, 1.165) is 31.7 Å². The Morgan fingerprint density at radius 2 is 2.22 bits per heavy atom. The van der Waals surface area contributed by atoms with Gasteiger partial charge in [-0.25, -0.2) is 0 Å². The summed E-state index contributed by atoms with van der Waals surface area (Å²) in [5.74, 6) is 0.482. The average molecular weight is 318 g/mol. The summed E-state index contributed by atoms with van der Waals surface area (Å²) >= 11 is 0. The van der Waals surface area contributed by atoms with E-state index in [-0.39, 0.29) is 11.8 Å². The van der Waals surface area contributed by atoms with Crippen LogP contribution in [0.4, 0.5) is 0 Å². The Morgan fingerprint density at radius 1 is 1.43 bits per heavy atom. The van der Waals surface area contributed by atoms with Crippen molar-refractivity contribution in [1.29, 1.82) is 0 Å². The zero-order chi connectivity index (χ0) is 16.3. The van der Waals surface area contributed by atoms with Gasteiger partial charge in [0.15, 0.2) is 0 Å². The molecule has 0 bridgehead atoms. The van der Waals surface area contributed by atoms with E-state index in [1.54, 1.807) is 6.20 Å². The predicted molar refractivity (Wildman–Crippen MR) is 86.8 cm³/mol. The van der Waals surface area contributed by atoms with Gasteiger partial charge in [0.05, 0.1) is 12.0 Å². The number of carbonyl (C=O) groups excluding carboxylic acids is 1. The summed E-state index contributed by atoms with van der Waals surface area (Å²) in [5.41, 5.74) is 0.140. The Balaban J connectivity index is 1.60.